The molecule has 34 heavy (non-hydrogen) atoms. The Morgan fingerprint density at radius 3 is 2.59 bits per heavy atom. The van der Waals surface area contributed by atoms with Gasteiger partial charge in [0.05, 0.1) is 6.20 Å². The largest absolute Gasteiger partial charge is 0.618 e. The number of rotatable bonds is 4. The van der Waals surface area contributed by atoms with Crippen molar-refractivity contribution in [3.63, 3.8) is 0 Å². The third kappa shape index (κ3) is 4.20. The second-order valence-corrected chi connectivity index (χ2v) is 11.2. The second-order valence-electron chi connectivity index (χ2n) is 7.52. The highest BCUT2D eigenvalue weighted by Gasteiger charge is 2.32. The van der Waals surface area contributed by atoms with Gasteiger partial charge in [0.2, 0.25) is 11.5 Å². The number of pyridine rings is 1. The van der Waals surface area contributed by atoms with Crippen LogP contribution in [0.15, 0.2) is 59.1 Å². The van der Waals surface area contributed by atoms with Gasteiger partial charge in [-0.05, 0) is 29.7 Å². The van der Waals surface area contributed by atoms with Crippen molar-refractivity contribution in [1.82, 2.24) is 24.4 Å². The summed E-state index contributed by atoms with van der Waals surface area (Å²) in [6.07, 6.45) is 2.65. The first kappa shape index (κ1) is 22.6. The lowest BCUT2D eigenvalue weighted by atomic mass is 10.3. The lowest BCUT2D eigenvalue weighted by Crippen LogP contribution is -2.50. The molecule has 0 unspecified atom stereocenters. The normalized spacial score (nSPS) is 15.0. The van der Waals surface area contributed by atoms with E-state index in [1.807, 2.05) is 0 Å². The summed E-state index contributed by atoms with van der Waals surface area (Å²) in [5, 5.41) is 21.0. The summed E-state index contributed by atoms with van der Waals surface area (Å²) >= 11 is 7.18. The van der Waals surface area contributed by atoms with E-state index in [4.69, 9.17) is 11.6 Å². The Morgan fingerprint density at radius 1 is 1.09 bits per heavy atom. The molecule has 13 heteroatoms. The number of aromatic nitrogens is 4. The monoisotopic (exact) mass is 516 g/mol. The predicted octanol–water partition coefficient (Wildman–Crippen LogP) is 2.19. The lowest BCUT2D eigenvalue weighted by molar-refractivity contribution is -0.593. The number of nitrogens with zero attached hydrogens (tertiary/aromatic N) is 6. The van der Waals surface area contributed by atoms with E-state index < -0.39 is 15.9 Å². The zero-order chi connectivity index (χ0) is 23.9. The molecule has 4 aromatic rings. The minimum absolute atomic E-state index is 0.116. The zero-order valence-electron chi connectivity index (χ0n) is 17.5. The van der Waals surface area contributed by atoms with Crippen LogP contribution in [0.2, 0.25) is 5.02 Å². The molecule has 0 N–H and O–H groups in total. The molecular weight excluding hydrogens is 500 g/mol. The molecular formula is C21H17ClN6O4S2. The molecule has 1 amide bonds. The maximum Gasteiger partial charge on any atom is 0.293 e. The highest BCUT2D eigenvalue weighted by molar-refractivity contribution is 7.91. The van der Waals surface area contributed by atoms with Gasteiger partial charge in [0.25, 0.3) is 15.9 Å². The summed E-state index contributed by atoms with van der Waals surface area (Å²) < 4.78 is 29.3. The number of piperazine rings is 1. The number of thiophene rings is 1. The van der Waals surface area contributed by atoms with E-state index in [2.05, 4.69) is 15.2 Å². The first-order valence-corrected chi connectivity index (χ1v) is 12.8. The molecule has 1 aliphatic heterocycles. The fourth-order valence-corrected chi connectivity index (χ4v) is 6.88. The van der Waals surface area contributed by atoms with E-state index in [1.54, 1.807) is 42.5 Å². The van der Waals surface area contributed by atoms with Gasteiger partial charge in [-0.25, -0.2) is 13.4 Å². The van der Waals surface area contributed by atoms with E-state index >= 15 is 0 Å². The fourth-order valence-electron chi connectivity index (χ4n) is 3.63. The Hall–Kier alpha value is -3.19. The third-order valence-electron chi connectivity index (χ3n) is 5.42. The van der Waals surface area contributed by atoms with Crippen molar-refractivity contribution in [3.8, 4) is 11.4 Å². The van der Waals surface area contributed by atoms with Gasteiger partial charge in [-0.3, -0.25) is 4.79 Å². The van der Waals surface area contributed by atoms with Crippen molar-refractivity contribution in [1.29, 1.82) is 0 Å². The maximum absolute atomic E-state index is 13.1. The summed E-state index contributed by atoms with van der Waals surface area (Å²) in [6, 6.07) is 11.7. The number of carbonyl (C=O) groups excluding carboxylic acids is 1. The molecule has 1 saturated heterocycles. The van der Waals surface area contributed by atoms with E-state index in [0.29, 0.717) is 9.75 Å². The SMILES string of the molecule is O=C(c1ncc(-c2cccc[n+]2[O-])nn1)N1CCN(S(=O)(=O)c2cc3ccc(Cl)cc3s2)CC1. The van der Waals surface area contributed by atoms with Gasteiger partial charge < -0.3 is 10.1 Å². The molecule has 0 bridgehead atoms. The summed E-state index contributed by atoms with van der Waals surface area (Å²) in [4.78, 5) is 18.4. The third-order valence-corrected chi connectivity index (χ3v) is 9.10. The molecule has 5 rings (SSSR count). The molecule has 174 valence electrons. The zero-order valence-corrected chi connectivity index (χ0v) is 19.9. The topological polar surface area (TPSA) is 123 Å². The van der Waals surface area contributed by atoms with E-state index in [0.717, 1.165) is 10.1 Å². The standard InChI is InChI=1S/C21H17ClN6O4S2/c22-15-5-4-14-11-19(33-18(14)12-15)34(31,32)27-9-7-26(8-10-27)21(29)20-23-13-16(24-25-20)17-3-1-2-6-28(17)30/h1-6,11-13H,7-10H2. The molecule has 0 radical (unpaired) electrons. The molecule has 0 aliphatic carbocycles. The first-order valence-electron chi connectivity index (χ1n) is 10.2. The van der Waals surface area contributed by atoms with Crippen molar-refractivity contribution in [2.24, 2.45) is 0 Å². The van der Waals surface area contributed by atoms with Crippen LogP contribution in [0.3, 0.4) is 0 Å². The minimum atomic E-state index is -3.70. The minimum Gasteiger partial charge on any atom is -0.618 e. The van der Waals surface area contributed by atoms with Crippen molar-refractivity contribution in [2.45, 2.75) is 4.21 Å². The average Bonchev–Trinajstić information content (AvgIpc) is 3.28. The number of carbonyl (C=O) groups is 1. The van der Waals surface area contributed by atoms with Gasteiger partial charge >= 0.3 is 0 Å². The smallest absolute Gasteiger partial charge is 0.293 e. The van der Waals surface area contributed by atoms with Crippen LogP contribution in [-0.4, -0.2) is 64.9 Å². The number of hydrogen-bond acceptors (Lipinski definition) is 8. The van der Waals surface area contributed by atoms with Crippen LogP contribution in [0, 0.1) is 5.21 Å². The summed E-state index contributed by atoms with van der Waals surface area (Å²) in [6.45, 7) is 0.682. The van der Waals surface area contributed by atoms with Gasteiger partial charge in [-0.15, -0.1) is 21.5 Å². The Balaban J connectivity index is 1.27. The van der Waals surface area contributed by atoms with Crippen LogP contribution in [0.5, 0.6) is 0 Å². The second kappa shape index (κ2) is 8.87. The number of benzene rings is 1. The van der Waals surface area contributed by atoms with E-state index in [-0.39, 0.29) is 47.6 Å². The number of amides is 1. The van der Waals surface area contributed by atoms with Crippen molar-refractivity contribution >= 4 is 49.0 Å². The van der Waals surface area contributed by atoms with Crippen molar-refractivity contribution in [3.05, 3.63) is 70.9 Å². The van der Waals surface area contributed by atoms with Gasteiger partial charge in [-0.2, -0.15) is 9.04 Å². The number of hydrogen-bond donors (Lipinski definition) is 0. The van der Waals surface area contributed by atoms with Crippen molar-refractivity contribution in [2.75, 3.05) is 26.2 Å². The van der Waals surface area contributed by atoms with Gasteiger partial charge in [0, 0.05) is 48.0 Å². The molecule has 1 aromatic carbocycles. The number of fused-ring (bicyclic) bond motifs is 1. The predicted molar refractivity (Wildman–Crippen MR) is 126 cm³/mol. The summed E-state index contributed by atoms with van der Waals surface area (Å²) in [5.41, 5.74) is 0.511. The van der Waals surface area contributed by atoms with Crippen molar-refractivity contribution < 1.29 is 17.9 Å². The molecule has 3 aromatic heterocycles. The Bertz CT molecular complexity index is 1480. The maximum atomic E-state index is 13.1. The lowest BCUT2D eigenvalue weighted by Gasteiger charge is -2.33. The first-order chi connectivity index (χ1) is 16.3. The summed E-state index contributed by atoms with van der Waals surface area (Å²) in [7, 11) is -3.70. The Labute approximate surface area is 203 Å². The fraction of sp³-hybridized carbons (Fsp3) is 0.190. The van der Waals surface area contributed by atoms with E-state index in [9.17, 15) is 18.4 Å². The quantitative estimate of drug-likeness (QED) is 0.301. The van der Waals surface area contributed by atoms with Crippen LogP contribution in [-0.2, 0) is 10.0 Å². The van der Waals surface area contributed by atoms with Gasteiger partial charge in [-0.1, -0.05) is 17.7 Å². The summed E-state index contributed by atoms with van der Waals surface area (Å²) in [5.74, 6) is -0.564. The van der Waals surface area contributed by atoms with Gasteiger partial charge in [0.15, 0.2) is 11.9 Å². The molecule has 0 spiro atoms. The molecule has 1 fully saturated rings. The number of sulfonamides is 1. The van der Waals surface area contributed by atoms with Crippen LogP contribution >= 0.6 is 22.9 Å². The number of halogens is 1. The van der Waals surface area contributed by atoms with Gasteiger partial charge in [0.1, 0.15) is 4.21 Å². The van der Waals surface area contributed by atoms with E-state index in [1.165, 1.54) is 32.9 Å². The Kier molecular flexibility index (Phi) is 5.90. The van der Waals surface area contributed by atoms with Crippen LogP contribution < -0.4 is 4.73 Å². The molecule has 1 aliphatic rings. The molecule has 0 saturated carbocycles. The molecule has 4 heterocycles. The highest BCUT2D eigenvalue weighted by Crippen LogP contribution is 2.33. The highest BCUT2D eigenvalue weighted by atomic mass is 35.5. The molecule has 10 nitrogen and oxygen atoms in total. The Morgan fingerprint density at radius 2 is 1.88 bits per heavy atom. The van der Waals surface area contributed by atoms with Crippen LogP contribution in [0.1, 0.15) is 10.6 Å². The van der Waals surface area contributed by atoms with Crippen LogP contribution in [0.4, 0.5) is 0 Å². The molecule has 0 atom stereocenters. The average molecular weight is 517 g/mol. The van der Waals surface area contributed by atoms with Crippen LogP contribution in [0.25, 0.3) is 21.5 Å².